The molecule has 44 heavy (non-hydrogen) atoms. The lowest BCUT2D eigenvalue weighted by Crippen LogP contribution is -2.56. The van der Waals surface area contributed by atoms with Gasteiger partial charge in [-0.25, -0.2) is 4.79 Å². The van der Waals surface area contributed by atoms with Crippen molar-refractivity contribution >= 4 is 23.7 Å². The van der Waals surface area contributed by atoms with Gasteiger partial charge in [-0.2, -0.15) is 27.0 Å². The number of methoxy groups -OCH3 is 1. The van der Waals surface area contributed by atoms with Crippen LogP contribution in [0.25, 0.3) is 0 Å². The van der Waals surface area contributed by atoms with Crippen molar-refractivity contribution in [3.8, 4) is 12.1 Å². The number of carbonyl (C=O) groups is 1. The number of hydrogen-bond donors (Lipinski definition) is 0. The van der Waals surface area contributed by atoms with Crippen LogP contribution < -0.4 is 9.64 Å². The maximum absolute atomic E-state index is 12.8. The first-order chi connectivity index (χ1) is 21.1. The van der Waals surface area contributed by atoms with Gasteiger partial charge in [0.2, 0.25) is 0 Å². The number of piperazine rings is 1. The van der Waals surface area contributed by atoms with Crippen molar-refractivity contribution in [2.24, 2.45) is 0 Å². The molecule has 1 aromatic heterocycles. The largest absolute Gasteiger partial charge is 0.467 e. The number of carbonyl (C=O) groups excluding carboxylic acids is 1. The third kappa shape index (κ3) is 10.8. The molecule has 0 saturated carbocycles. The van der Waals surface area contributed by atoms with E-state index in [4.69, 9.17) is 14.5 Å². The molecular weight excluding hydrogens is 574 g/mol. The summed E-state index contributed by atoms with van der Waals surface area (Å²) in [6, 6.07) is 12.7. The summed E-state index contributed by atoms with van der Waals surface area (Å²) in [7, 11) is 3.75. The van der Waals surface area contributed by atoms with E-state index >= 15 is 0 Å². The van der Waals surface area contributed by atoms with Crippen molar-refractivity contribution in [1.29, 1.82) is 5.26 Å². The third-order valence-corrected chi connectivity index (χ3v) is 7.60. The number of nitriles is 1. The van der Waals surface area contributed by atoms with Gasteiger partial charge in [-0.3, -0.25) is 4.90 Å². The molecule has 10 nitrogen and oxygen atoms in total. The van der Waals surface area contributed by atoms with Crippen molar-refractivity contribution in [3.63, 3.8) is 0 Å². The predicted octanol–water partition coefficient (Wildman–Crippen LogP) is 5.07. The second-order valence-corrected chi connectivity index (χ2v) is 13.3. The molecule has 0 bridgehead atoms. The second-order valence-electron chi connectivity index (χ2n) is 12.5. The molecule has 3 aliphatic heterocycles. The Labute approximate surface area is 268 Å². The summed E-state index contributed by atoms with van der Waals surface area (Å²) in [6.07, 6.45) is 7.59. The van der Waals surface area contributed by atoms with Crippen LogP contribution in [0.4, 0.5) is 10.6 Å². The minimum Gasteiger partial charge on any atom is -0.467 e. The molecule has 4 heterocycles. The summed E-state index contributed by atoms with van der Waals surface area (Å²) >= 11 is 1.75. The molecule has 3 aliphatic rings. The van der Waals surface area contributed by atoms with Crippen molar-refractivity contribution < 1.29 is 14.3 Å². The summed E-state index contributed by atoms with van der Waals surface area (Å²) in [5, 5.41) is 9.43. The molecule has 5 rings (SSSR count). The van der Waals surface area contributed by atoms with E-state index < -0.39 is 5.60 Å². The summed E-state index contributed by atoms with van der Waals surface area (Å²) in [6.45, 7) is 12.2. The zero-order valence-electron chi connectivity index (χ0n) is 27.7. The van der Waals surface area contributed by atoms with Gasteiger partial charge in [0.25, 0.3) is 0 Å². The lowest BCUT2D eigenvalue weighted by Gasteiger charge is -2.42. The van der Waals surface area contributed by atoms with E-state index in [1.807, 2.05) is 39.3 Å². The topological polar surface area (TPSA) is 98.1 Å². The number of aromatic nitrogens is 2. The minimum atomic E-state index is -0.587. The molecule has 2 fully saturated rings. The molecular formula is C33H51N7O3S. The van der Waals surface area contributed by atoms with Gasteiger partial charge < -0.3 is 24.2 Å². The van der Waals surface area contributed by atoms with Crippen molar-refractivity contribution in [1.82, 2.24) is 24.7 Å². The molecule has 1 unspecified atom stereocenters. The molecule has 1 aromatic carbocycles. The molecule has 0 spiro atoms. The molecule has 2 aromatic rings. The number of fused-ring (bicyclic) bond motifs is 1. The number of benzene rings is 1. The van der Waals surface area contributed by atoms with E-state index in [1.54, 1.807) is 23.8 Å². The number of nitrogens with zero attached hydrogens (tertiary/aromatic N) is 7. The van der Waals surface area contributed by atoms with Crippen molar-refractivity contribution in [2.75, 3.05) is 70.8 Å². The summed E-state index contributed by atoms with van der Waals surface area (Å²) in [4.78, 5) is 30.8. The molecule has 2 saturated heterocycles. The Bertz CT molecular complexity index is 1210. The fourth-order valence-electron chi connectivity index (χ4n) is 5.54. The Kier molecular flexibility index (Phi) is 14.0. The first-order valence-electron chi connectivity index (χ1n) is 15.5. The molecule has 0 radical (unpaired) electrons. The van der Waals surface area contributed by atoms with Crippen LogP contribution in [-0.4, -0.2) is 108 Å². The summed E-state index contributed by atoms with van der Waals surface area (Å²) in [5.74, 6) is 0.845. The Morgan fingerprint density at radius 1 is 1.07 bits per heavy atom. The van der Waals surface area contributed by atoms with Gasteiger partial charge in [0.05, 0.1) is 31.3 Å². The van der Waals surface area contributed by atoms with Gasteiger partial charge in [0.15, 0.2) is 0 Å². The molecule has 0 N–H and O–H groups in total. The van der Waals surface area contributed by atoms with Crippen LogP contribution in [0.1, 0.15) is 56.9 Å². The van der Waals surface area contributed by atoms with Gasteiger partial charge in [-0.05, 0) is 78.2 Å². The Morgan fingerprint density at radius 3 is 2.32 bits per heavy atom. The SMILES string of the molecule is CN1CCCC1.COc1nc2c(c(N3CCN(C(=O)OC(C)(C)C)C(CC#N)C3)n1)CCN(Cc1ccccc1)C2.CSC. The van der Waals surface area contributed by atoms with E-state index in [1.165, 1.54) is 31.5 Å². The van der Waals surface area contributed by atoms with Crippen molar-refractivity contribution in [2.45, 2.75) is 71.2 Å². The maximum Gasteiger partial charge on any atom is 0.410 e. The Hall–Kier alpha value is -3.07. The van der Waals surface area contributed by atoms with E-state index in [0.29, 0.717) is 25.6 Å². The van der Waals surface area contributed by atoms with Gasteiger partial charge in [-0.1, -0.05) is 30.3 Å². The minimum absolute atomic E-state index is 0.227. The van der Waals surface area contributed by atoms with E-state index in [0.717, 1.165) is 43.1 Å². The van der Waals surface area contributed by atoms with Gasteiger partial charge in [-0.15, -0.1) is 0 Å². The first kappa shape index (κ1) is 35.4. The maximum atomic E-state index is 12.8. The number of thioether (sulfide) groups is 1. The van der Waals surface area contributed by atoms with Gasteiger partial charge in [0.1, 0.15) is 11.4 Å². The number of hydrogen-bond acceptors (Lipinski definition) is 10. The zero-order valence-corrected chi connectivity index (χ0v) is 28.5. The molecule has 0 aliphatic carbocycles. The van der Waals surface area contributed by atoms with Crippen LogP contribution in [0, 0.1) is 11.3 Å². The van der Waals surface area contributed by atoms with Crippen LogP contribution >= 0.6 is 11.8 Å². The number of likely N-dealkylation sites (tertiary alicyclic amines) is 1. The lowest BCUT2D eigenvalue weighted by atomic mass is 10.0. The second kappa shape index (κ2) is 17.4. The van der Waals surface area contributed by atoms with Crippen LogP contribution in [0.5, 0.6) is 6.01 Å². The zero-order chi connectivity index (χ0) is 32.1. The van der Waals surface area contributed by atoms with E-state index in [9.17, 15) is 10.1 Å². The van der Waals surface area contributed by atoms with Crippen LogP contribution in [0.2, 0.25) is 0 Å². The normalized spacial score (nSPS) is 18.6. The third-order valence-electron chi connectivity index (χ3n) is 7.60. The van der Waals surface area contributed by atoms with E-state index in [-0.39, 0.29) is 18.6 Å². The number of amides is 1. The summed E-state index contributed by atoms with van der Waals surface area (Å²) < 4.78 is 11.0. The summed E-state index contributed by atoms with van der Waals surface area (Å²) in [5.41, 5.74) is 2.78. The number of ether oxygens (including phenoxy) is 2. The van der Waals surface area contributed by atoms with Gasteiger partial charge in [0, 0.05) is 44.8 Å². The van der Waals surface area contributed by atoms with Gasteiger partial charge >= 0.3 is 12.1 Å². The highest BCUT2D eigenvalue weighted by molar-refractivity contribution is 7.97. The molecule has 1 amide bonds. The fraction of sp³-hybridized carbons (Fsp3) is 0.636. The monoisotopic (exact) mass is 625 g/mol. The smallest absolute Gasteiger partial charge is 0.410 e. The average molecular weight is 626 g/mol. The predicted molar refractivity (Wildman–Crippen MR) is 178 cm³/mol. The quantitative estimate of drug-likeness (QED) is 0.448. The average Bonchev–Trinajstić information content (AvgIpc) is 3.47. The molecule has 11 heteroatoms. The van der Waals surface area contributed by atoms with E-state index in [2.05, 4.69) is 57.1 Å². The number of anilines is 1. The lowest BCUT2D eigenvalue weighted by molar-refractivity contribution is 0.0144. The highest BCUT2D eigenvalue weighted by atomic mass is 32.2. The fourth-order valence-corrected chi connectivity index (χ4v) is 5.54. The van der Waals surface area contributed by atoms with Crippen LogP contribution in [0.3, 0.4) is 0 Å². The Morgan fingerprint density at radius 2 is 1.75 bits per heavy atom. The standard InChI is InChI=1S/C26H34N6O3.C5H11N.C2H6S/c1-26(2,3)35-25(33)32-15-14-31(17-20(32)10-12-27)23-21-11-13-30(16-19-8-6-5-7-9-19)18-22(21)28-24(29-23)34-4;1-6-4-2-3-5-6;1-3-2/h5-9,20H,10-11,13-18H2,1-4H3;2-5H2,1H3;1-2H3. The van der Waals surface area contributed by atoms with Crippen molar-refractivity contribution in [3.05, 3.63) is 47.2 Å². The van der Waals surface area contributed by atoms with Crippen LogP contribution in [0.15, 0.2) is 30.3 Å². The molecule has 242 valence electrons. The molecule has 1 atom stereocenters. The Balaban J connectivity index is 0.000000509. The number of rotatable bonds is 5. The highest BCUT2D eigenvalue weighted by Gasteiger charge is 2.35. The highest BCUT2D eigenvalue weighted by Crippen LogP contribution is 2.31. The van der Waals surface area contributed by atoms with Crippen LogP contribution in [-0.2, 0) is 24.2 Å². The first-order valence-corrected chi connectivity index (χ1v) is 17.1.